The van der Waals surface area contributed by atoms with Gasteiger partial charge in [-0.3, -0.25) is 4.79 Å². The van der Waals surface area contributed by atoms with Crippen molar-refractivity contribution in [3.8, 4) is 0 Å². The van der Waals surface area contributed by atoms with Crippen LogP contribution in [-0.2, 0) is 16.0 Å². The first-order chi connectivity index (χ1) is 7.66. The van der Waals surface area contributed by atoms with Gasteiger partial charge in [0.05, 0.1) is 6.61 Å². The van der Waals surface area contributed by atoms with Crippen LogP contribution in [0.3, 0.4) is 0 Å². The molecular weight excluding hydrogens is 275 g/mol. The summed E-state index contributed by atoms with van der Waals surface area (Å²) < 4.78 is 19.0. The lowest BCUT2D eigenvalue weighted by molar-refractivity contribution is -0.122. The molecule has 1 saturated heterocycles. The maximum absolute atomic E-state index is 13.0. The zero-order chi connectivity index (χ0) is 11.5. The van der Waals surface area contributed by atoms with Crippen LogP contribution in [0.1, 0.15) is 12.0 Å². The van der Waals surface area contributed by atoms with Crippen LogP contribution in [0.4, 0.5) is 4.39 Å². The quantitative estimate of drug-likeness (QED) is 0.854. The molecule has 1 heterocycles. The Bertz CT molecular complexity index is 400. The minimum Gasteiger partial charge on any atom is -0.381 e. The third-order valence-electron chi connectivity index (χ3n) is 2.76. The van der Waals surface area contributed by atoms with E-state index in [0.717, 1.165) is 10.9 Å². The topological polar surface area (TPSA) is 26.3 Å². The number of hydrogen-bond donors (Lipinski definition) is 0. The van der Waals surface area contributed by atoms with Gasteiger partial charge in [-0.2, -0.15) is 0 Å². The van der Waals surface area contributed by atoms with Crippen LogP contribution in [0.2, 0.25) is 0 Å². The number of hydrogen-bond acceptors (Lipinski definition) is 2. The second-order valence-corrected chi connectivity index (χ2v) is 4.79. The van der Waals surface area contributed by atoms with Crippen LogP contribution in [0.15, 0.2) is 22.7 Å². The van der Waals surface area contributed by atoms with Gasteiger partial charge < -0.3 is 4.74 Å². The van der Waals surface area contributed by atoms with Crippen molar-refractivity contribution >= 4 is 21.7 Å². The number of ketones is 1. The molecule has 1 aromatic rings. The molecule has 1 atom stereocenters. The van der Waals surface area contributed by atoms with Gasteiger partial charge >= 0.3 is 0 Å². The second-order valence-electron chi connectivity index (χ2n) is 3.94. The molecule has 0 saturated carbocycles. The van der Waals surface area contributed by atoms with E-state index < -0.39 is 0 Å². The van der Waals surface area contributed by atoms with Crippen LogP contribution in [0, 0.1) is 11.7 Å². The fourth-order valence-corrected chi connectivity index (χ4v) is 2.19. The minimum absolute atomic E-state index is 0.0184. The number of carbonyl (C=O) groups excluding carboxylic acids is 1. The van der Waals surface area contributed by atoms with E-state index in [9.17, 15) is 9.18 Å². The van der Waals surface area contributed by atoms with Crippen molar-refractivity contribution < 1.29 is 13.9 Å². The summed E-state index contributed by atoms with van der Waals surface area (Å²) in [5.41, 5.74) is 0.705. The Morgan fingerprint density at radius 2 is 2.38 bits per heavy atom. The molecule has 0 aliphatic carbocycles. The standard InChI is InChI=1S/C12H12BrFO2/c13-11-2-1-10(14)5-9(11)6-12(15)8-3-4-16-7-8/h1-2,5,8H,3-4,6-7H2. The SMILES string of the molecule is O=C(Cc1cc(F)ccc1Br)C1CCOC1. The van der Waals surface area contributed by atoms with Crippen LogP contribution in [0.5, 0.6) is 0 Å². The van der Waals surface area contributed by atoms with E-state index in [1.54, 1.807) is 6.07 Å². The monoisotopic (exact) mass is 286 g/mol. The van der Waals surface area contributed by atoms with Gasteiger partial charge in [-0.1, -0.05) is 15.9 Å². The molecule has 4 heteroatoms. The van der Waals surface area contributed by atoms with Crippen molar-refractivity contribution in [1.82, 2.24) is 0 Å². The molecule has 0 bridgehead atoms. The third-order valence-corrected chi connectivity index (χ3v) is 3.53. The van der Waals surface area contributed by atoms with Gasteiger partial charge in [0.15, 0.2) is 0 Å². The Labute approximate surface area is 102 Å². The Morgan fingerprint density at radius 3 is 3.06 bits per heavy atom. The maximum atomic E-state index is 13.0. The van der Waals surface area contributed by atoms with Gasteiger partial charge in [-0.15, -0.1) is 0 Å². The average Bonchev–Trinajstić information content (AvgIpc) is 2.76. The first kappa shape index (κ1) is 11.7. The molecule has 0 radical (unpaired) electrons. The summed E-state index contributed by atoms with van der Waals surface area (Å²) in [6.45, 7) is 1.16. The number of Topliss-reactive ketones (excluding diaryl/α,β-unsaturated/α-hetero) is 1. The van der Waals surface area contributed by atoms with Crippen molar-refractivity contribution in [3.05, 3.63) is 34.1 Å². The molecule has 1 aliphatic heterocycles. The average molecular weight is 287 g/mol. The van der Waals surface area contributed by atoms with Crippen molar-refractivity contribution in [2.45, 2.75) is 12.8 Å². The van der Waals surface area contributed by atoms with E-state index in [0.29, 0.717) is 18.8 Å². The molecule has 1 aliphatic rings. The van der Waals surface area contributed by atoms with Gasteiger partial charge in [0.1, 0.15) is 11.6 Å². The predicted octanol–water partition coefficient (Wildman–Crippen LogP) is 2.74. The lowest BCUT2D eigenvalue weighted by Crippen LogP contribution is -2.17. The largest absolute Gasteiger partial charge is 0.381 e. The van der Waals surface area contributed by atoms with E-state index in [4.69, 9.17) is 4.74 Å². The molecule has 2 nitrogen and oxygen atoms in total. The summed E-state index contributed by atoms with van der Waals surface area (Å²) in [4.78, 5) is 11.9. The summed E-state index contributed by atoms with van der Waals surface area (Å²) in [7, 11) is 0. The summed E-state index contributed by atoms with van der Waals surface area (Å²) in [6, 6.07) is 4.40. The second kappa shape index (κ2) is 5.06. The van der Waals surface area contributed by atoms with Crippen LogP contribution in [-0.4, -0.2) is 19.0 Å². The Balaban J connectivity index is 2.07. The van der Waals surface area contributed by atoms with Crippen LogP contribution < -0.4 is 0 Å². The molecule has 1 fully saturated rings. The molecule has 2 rings (SSSR count). The molecular formula is C12H12BrFO2. The smallest absolute Gasteiger partial charge is 0.142 e. The highest BCUT2D eigenvalue weighted by Gasteiger charge is 2.23. The number of carbonyl (C=O) groups is 1. The predicted molar refractivity (Wildman–Crippen MR) is 61.7 cm³/mol. The molecule has 0 spiro atoms. The van der Waals surface area contributed by atoms with Crippen LogP contribution in [0.25, 0.3) is 0 Å². The zero-order valence-electron chi connectivity index (χ0n) is 8.71. The highest BCUT2D eigenvalue weighted by atomic mass is 79.9. The third kappa shape index (κ3) is 2.68. The van der Waals surface area contributed by atoms with E-state index in [-0.39, 0.29) is 23.9 Å². The molecule has 0 aromatic heterocycles. The molecule has 0 N–H and O–H groups in total. The first-order valence-corrected chi connectivity index (χ1v) is 6.00. The molecule has 0 amide bonds. The summed E-state index contributed by atoms with van der Waals surface area (Å²) in [5, 5.41) is 0. The van der Waals surface area contributed by atoms with E-state index in [1.807, 2.05) is 0 Å². The Hall–Kier alpha value is -0.740. The highest BCUT2D eigenvalue weighted by Crippen LogP contribution is 2.22. The fraction of sp³-hybridized carbons (Fsp3) is 0.417. The lowest BCUT2D eigenvalue weighted by Gasteiger charge is -2.08. The fourth-order valence-electron chi connectivity index (χ4n) is 1.80. The number of benzene rings is 1. The number of halogens is 2. The summed E-state index contributed by atoms with van der Waals surface area (Å²) in [6.07, 6.45) is 1.05. The Kier molecular flexibility index (Phi) is 3.71. The maximum Gasteiger partial charge on any atom is 0.142 e. The normalized spacial score (nSPS) is 20.0. The zero-order valence-corrected chi connectivity index (χ0v) is 10.3. The summed E-state index contributed by atoms with van der Waals surface area (Å²) in [5.74, 6) is -0.201. The number of ether oxygens (including phenoxy) is 1. The molecule has 1 aromatic carbocycles. The minimum atomic E-state index is -0.311. The van der Waals surface area contributed by atoms with Crippen molar-refractivity contribution in [2.24, 2.45) is 5.92 Å². The van der Waals surface area contributed by atoms with E-state index in [1.165, 1.54) is 12.1 Å². The van der Waals surface area contributed by atoms with Crippen molar-refractivity contribution in [1.29, 1.82) is 0 Å². The van der Waals surface area contributed by atoms with Gasteiger partial charge in [0.2, 0.25) is 0 Å². The van der Waals surface area contributed by atoms with E-state index in [2.05, 4.69) is 15.9 Å². The molecule has 86 valence electrons. The van der Waals surface area contributed by atoms with Crippen molar-refractivity contribution in [3.63, 3.8) is 0 Å². The summed E-state index contributed by atoms with van der Waals surface area (Å²) >= 11 is 3.32. The molecule has 1 unspecified atom stereocenters. The van der Waals surface area contributed by atoms with Crippen molar-refractivity contribution in [2.75, 3.05) is 13.2 Å². The first-order valence-electron chi connectivity index (χ1n) is 5.21. The molecule has 16 heavy (non-hydrogen) atoms. The lowest BCUT2D eigenvalue weighted by atomic mass is 9.97. The number of rotatable bonds is 3. The van der Waals surface area contributed by atoms with Gasteiger partial charge in [-0.05, 0) is 30.2 Å². The van der Waals surface area contributed by atoms with Crippen LogP contribution >= 0.6 is 15.9 Å². The van der Waals surface area contributed by atoms with Gasteiger partial charge in [0.25, 0.3) is 0 Å². The van der Waals surface area contributed by atoms with E-state index >= 15 is 0 Å². The highest BCUT2D eigenvalue weighted by molar-refractivity contribution is 9.10. The van der Waals surface area contributed by atoms with Gasteiger partial charge in [-0.25, -0.2) is 4.39 Å². The van der Waals surface area contributed by atoms with Gasteiger partial charge in [0, 0.05) is 23.4 Å². The Morgan fingerprint density at radius 1 is 1.56 bits per heavy atom.